The van der Waals surface area contributed by atoms with Gasteiger partial charge in [-0.15, -0.1) is 0 Å². The first-order valence-electron chi connectivity index (χ1n) is 9.79. The highest BCUT2D eigenvalue weighted by Crippen LogP contribution is 2.38. The molecule has 1 aliphatic heterocycles. The maximum Gasteiger partial charge on any atom is 0.244 e. The van der Waals surface area contributed by atoms with Gasteiger partial charge in [0, 0.05) is 34.7 Å². The number of methoxy groups -OCH3 is 1. The Balaban J connectivity index is 1.48. The van der Waals surface area contributed by atoms with Gasteiger partial charge in [0.15, 0.2) is 5.65 Å². The third-order valence-corrected chi connectivity index (χ3v) is 6.67. The summed E-state index contributed by atoms with van der Waals surface area (Å²) in [5.41, 5.74) is 2.18. The number of aromatic nitrogens is 3. The third kappa shape index (κ3) is 3.74. The van der Waals surface area contributed by atoms with Crippen LogP contribution in [0.1, 0.15) is 24.0 Å². The lowest BCUT2D eigenvalue weighted by molar-refractivity contribution is -0.133. The predicted octanol–water partition coefficient (Wildman–Crippen LogP) is 3.46. The van der Waals surface area contributed by atoms with Gasteiger partial charge in [0.2, 0.25) is 5.91 Å². The summed E-state index contributed by atoms with van der Waals surface area (Å²) in [6, 6.07) is 12.4. The molecule has 3 heterocycles. The second kappa shape index (κ2) is 8.60. The summed E-state index contributed by atoms with van der Waals surface area (Å²) in [4.78, 5) is 19.0. The van der Waals surface area contributed by atoms with Gasteiger partial charge in [0.25, 0.3) is 0 Å². The quantitative estimate of drug-likeness (QED) is 0.384. The molecule has 0 unspecified atom stereocenters. The maximum absolute atomic E-state index is 12.9. The first-order chi connectivity index (χ1) is 14.6. The Kier molecular flexibility index (Phi) is 5.90. The molecule has 1 amide bonds. The number of fused-ring (bicyclic) bond motifs is 1. The molecule has 8 heteroatoms. The molecular weight excluding hydrogens is 493 g/mol. The molecule has 0 spiro atoms. The molecule has 7 nitrogen and oxygen atoms in total. The number of ether oxygens (including phenoxy) is 1. The molecule has 0 aliphatic carbocycles. The number of halogens is 1. The molecule has 2 aromatic heterocycles. The SMILES string of the molecule is COc1cc(C2(C#N)CCN(C(=O)Cn3ncc4cccnc43)CC2)ccc1CI. The van der Waals surface area contributed by atoms with Crippen molar-refractivity contribution in [2.24, 2.45) is 0 Å². The van der Waals surface area contributed by atoms with Crippen molar-refractivity contribution in [3.63, 3.8) is 0 Å². The molecule has 1 fully saturated rings. The highest BCUT2D eigenvalue weighted by Gasteiger charge is 2.38. The van der Waals surface area contributed by atoms with Crippen molar-refractivity contribution in [2.75, 3.05) is 20.2 Å². The number of pyridine rings is 1. The van der Waals surface area contributed by atoms with Crippen LogP contribution < -0.4 is 4.74 Å². The normalized spacial score (nSPS) is 15.7. The van der Waals surface area contributed by atoms with Crippen LogP contribution in [0.25, 0.3) is 11.0 Å². The Morgan fingerprint density at radius 3 is 2.83 bits per heavy atom. The van der Waals surface area contributed by atoms with Gasteiger partial charge in [-0.05, 0) is 36.6 Å². The van der Waals surface area contributed by atoms with Crippen LogP contribution >= 0.6 is 22.6 Å². The Morgan fingerprint density at radius 1 is 1.33 bits per heavy atom. The van der Waals surface area contributed by atoms with Crippen molar-refractivity contribution in [3.05, 3.63) is 53.9 Å². The van der Waals surface area contributed by atoms with Crippen LogP contribution in [-0.4, -0.2) is 45.8 Å². The average molecular weight is 515 g/mol. The lowest BCUT2D eigenvalue weighted by Gasteiger charge is -2.37. The van der Waals surface area contributed by atoms with E-state index in [1.54, 1.807) is 24.2 Å². The van der Waals surface area contributed by atoms with Gasteiger partial charge >= 0.3 is 0 Å². The fourth-order valence-electron chi connectivity index (χ4n) is 4.01. The first-order valence-corrected chi connectivity index (χ1v) is 11.3. The van der Waals surface area contributed by atoms with Crippen LogP contribution in [0.2, 0.25) is 0 Å². The standard InChI is InChI=1S/C22H22IN5O2/c1-30-19-11-18(5-4-16(19)12-23)22(15-24)6-9-27(10-7-22)20(29)14-28-21-17(13-26-28)3-2-8-25-21/h2-5,8,11,13H,6-7,9-10,12,14H2,1H3. The molecule has 1 aromatic carbocycles. The minimum atomic E-state index is -0.603. The van der Waals surface area contributed by atoms with Gasteiger partial charge in [-0.25, -0.2) is 9.67 Å². The Hall–Kier alpha value is -2.67. The zero-order valence-corrected chi connectivity index (χ0v) is 18.9. The van der Waals surface area contributed by atoms with Crippen molar-refractivity contribution >= 4 is 39.5 Å². The van der Waals surface area contributed by atoms with E-state index in [1.807, 2.05) is 35.2 Å². The second-order valence-corrected chi connectivity index (χ2v) is 8.22. The van der Waals surface area contributed by atoms with E-state index in [0.717, 1.165) is 26.7 Å². The lowest BCUT2D eigenvalue weighted by Crippen LogP contribution is -2.45. The Labute approximate surface area is 188 Å². The largest absolute Gasteiger partial charge is 0.496 e. The minimum absolute atomic E-state index is 0.00460. The number of rotatable bonds is 5. The van der Waals surface area contributed by atoms with E-state index in [4.69, 9.17) is 4.74 Å². The molecule has 0 atom stereocenters. The Bertz CT molecular complexity index is 1110. The van der Waals surface area contributed by atoms with Crippen LogP contribution in [0.5, 0.6) is 5.75 Å². The summed E-state index contributed by atoms with van der Waals surface area (Å²) in [5.74, 6) is 0.808. The fourth-order valence-corrected chi connectivity index (χ4v) is 4.64. The monoisotopic (exact) mass is 515 g/mol. The van der Waals surface area contributed by atoms with Gasteiger partial charge in [-0.1, -0.05) is 34.7 Å². The minimum Gasteiger partial charge on any atom is -0.496 e. The number of nitriles is 1. The van der Waals surface area contributed by atoms with Crippen LogP contribution in [0.15, 0.2) is 42.7 Å². The van der Waals surface area contributed by atoms with Crippen LogP contribution in [-0.2, 0) is 21.2 Å². The fraction of sp³-hybridized carbons (Fsp3) is 0.364. The molecule has 4 rings (SSSR count). The molecule has 30 heavy (non-hydrogen) atoms. The van der Waals surface area contributed by atoms with Crippen LogP contribution in [0, 0.1) is 11.3 Å². The molecule has 0 saturated carbocycles. The smallest absolute Gasteiger partial charge is 0.244 e. The molecule has 3 aromatic rings. The number of carbonyl (C=O) groups excluding carboxylic acids is 1. The molecule has 0 N–H and O–H groups in total. The lowest BCUT2D eigenvalue weighted by atomic mass is 9.73. The van der Waals surface area contributed by atoms with Crippen molar-refractivity contribution in [2.45, 2.75) is 29.2 Å². The zero-order valence-electron chi connectivity index (χ0n) is 16.7. The number of likely N-dealkylation sites (tertiary alicyclic amines) is 1. The van der Waals surface area contributed by atoms with Gasteiger partial charge in [-0.3, -0.25) is 4.79 Å². The topological polar surface area (TPSA) is 84.0 Å². The van der Waals surface area contributed by atoms with Crippen molar-refractivity contribution in [1.82, 2.24) is 19.7 Å². The van der Waals surface area contributed by atoms with Gasteiger partial charge in [-0.2, -0.15) is 10.4 Å². The van der Waals surface area contributed by atoms with Gasteiger partial charge in [0.05, 0.1) is 24.8 Å². The number of nitrogens with zero attached hydrogens (tertiary/aromatic N) is 5. The van der Waals surface area contributed by atoms with E-state index >= 15 is 0 Å². The summed E-state index contributed by atoms with van der Waals surface area (Å²) >= 11 is 2.30. The number of benzene rings is 1. The van der Waals surface area contributed by atoms with E-state index in [-0.39, 0.29) is 12.5 Å². The number of amides is 1. The van der Waals surface area contributed by atoms with Gasteiger partial charge < -0.3 is 9.64 Å². The van der Waals surface area contributed by atoms with Crippen molar-refractivity contribution in [3.8, 4) is 11.8 Å². The average Bonchev–Trinajstić information content (AvgIpc) is 3.21. The number of hydrogen-bond donors (Lipinski definition) is 0. The molecular formula is C22H22IN5O2. The number of alkyl halides is 1. The molecule has 0 radical (unpaired) electrons. The van der Waals surface area contributed by atoms with E-state index in [2.05, 4.69) is 38.7 Å². The second-order valence-electron chi connectivity index (χ2n) is 7.45. The van der Waals surface area contributed by atoms with E-state index in [1.165, 1.54) is 0 Å². The molecule has 1 aliphatic rings. The van der Waals surface area contributed by atoms with Crippen molar-refractivity contribution in [1.29, 1.82) is 5.26 Å². The maximum atomic E-state index is 12.9. The Morgan fingerprint density at radius 2 is 2.13 bits per heavy atom. The van der Waals surface area contributed by atoms with E-state index < -0.39 is 5.41 Å². The van der Waals surface area contributed by atoms with Crippen LogP contribution in [0.3, 0.4) is 0 Å². The third-order valence-electron chi connectivity index (χ3n) is 5.85. The van der Waals surface area contributed by atoms with Crippen molar-refractivity contribution < 1.29 is 9.53 Å². The summed E-state index contributed by atoms with van der Waals surface area (Å²) < 4.78 is 8.00. The zero-order chi connectivity index (χ0) is 21.1. The number of hydrogen-bond acceptors (Lipinski definition) is 5. The number of piperidine rings is 1. The highest BCUT2D eigenvalue weighted by molar-refractivity contribution is 14.1. The number of carbonyl (C=O) groups is 1. The predicted molar refractivity (Wildman–Crippen MR) is 121 cm³/mol. The summed E-state index contributed by atoms with van der Waals surface area (Å²) in [7, 11) is 1.66. The summed E-state index contributed by atoms with van der Waals surface area (Å²) in [6.07, 6.45) is 4.62. The van der Waals surface area contributed by atoms with E-state index in [0.29, 0.717) is 31.6 Å². The molecule has 154 valence electrons. The summed E-state index contributed by atoms with van der Waals surface area (Å²) in [6.45, 7) is 1.23. The molecule has 1 saturated heterocycles. The highest BCUT2D eigenvalue weighted by atomic mass is 127. The van der Waals surface area contributed by atoms with E-state index in [9.17, 15) is 10.1 Å². The first kappa shape index (κ1) is 20.6. The van der Waals surface area contributed by atoms with Crippen LogP contribution in [0.4, 0.5) is 0 Å². The van der Waals surface area contributed by atoms with Gasteiger partial charge in [0.1, 0.15) is 12.3 Å². The molecule has 0 bridgehead atoms. The summed E-state index contributed by atoms with van der Waals surface area (Å²) in [5, 5.41) is 15.2.